The summed E-state index contributed by atoms with van der Waals surface area (Å²) in [5, 5.41) is 5.31. The van der Waals surface area contributed by atoms with E-state index in [0.29, 0.717) is 5.56 Å². The molecule has 84 valence electrons. The van der Waals surface area contributed by atoms with Gasteiger partial charge >= 0.3 is 0 Å². The van der Waals surface area contributed by atoms with Crippen LogP contribution in [0.15, 0.2) is 42.7 Å². The predicted molar refractivity (Wildman–Crippen MR) is 65.4 cm³/mol. The topological polar surface area (TPSA) is 39.8 Å². The normalized spacial score (nSPS) is 10.9. The molecule has 0 aliphatic heterocycles. The summed E-state index contributed by atoms with van der Waals surface area (Å²) in [7, 11) is 1.97. The van der Waals surface area contributed by atoms with Gasteiger partial charge in [0.05, 0.1) is 5.52 Å². The standard InChI is InChI=1S/C13H11N3O/c1-15-12-7-10(9-17)3-4-11(12)8-13(15)16-6-2-5-14-16/h2-9H,1H3. The summed E-state index contributed by atoms with van der Waals surface area (Å²) in [6.07, 6.45) is 4.50. The molecule has 0 fully saturated rings. The highest BCUT2D eigenvalue weighted by molar-refractivity contribution is 5.89. The van der Waals surface area contributed by atoms with Gasteiger partial charge in [0.25, 0.3) is 0 Å². The Labute approximate surface area is 98.1 Å². The number of fused-ring (bicyclic) bond motifs is 1. The van der Waals surface area contributed by atoms with Crippen molar-refractivity contribution in [2.24, 2.45) is 7.05 Å². The second-order valence-electron chi connectivity index (χ2n) is 3.95. The molecule has 0 amide bonds. The zero-order chi connectivity index (χ0) is 11.8. The van der Waals surface area contributed by atoms with E-state index in [0.717, 1.165) is 23.0 Å². The first kappa shape index (κ1) is 9.84. The van der Waals surface area contributed by atoms with Gasteiger partial charge in [0.2, 0.25) is 0 Å². The molecule has 0 atom stereocenters. The molecule has 0 N–H and O–H groups in total. The number of hydrogen-bond acceptors (Lipinski definition) is 2. The Morgan fingerprint density at radius 3 is 2.88 bits per heavy atom. The van der Waals surface area contributed by atoms with Gasteiger partial charge in [-0.2, -0.15) is 5.10 Å². The summed E-state index contributed by atoms with van der Waals surface area (Å²) in [6.45, 7) is 0. The smallest absolute Gasteiger partial charge is 0.150 e. The van der Waals surface area contributed by atoms with Gasteiger partial charge in [0.1, 0.15) is 12.1 Å². The Morgan fingerprint density at radius 2 is 2.18 bits per heavy atom. The minimum Gasteiger partial charge on any atom is -0.329 e. The molecule has 1 aromatic carbocycles. The lowest BCUT2D eigenvalue weighted by molar-refractivity contribution is 0.112. The molecular weight excluding hydrogens is 214 g/mol. The second kappa shape index (κ2) is 3.59. The summed E-state index contributed by atoms with van der Waals surface area (Å²) < 4.78 is 3.83. The maximum Gasteiger partial charge on any atom is 0.150 e. The second-order valence-corrected chi connectivity index (χ2v) is 3.95. The summed E-state index contributed by atoms with van der Waals surface area (Å²) in [5.41, 5.74) is 1.71. The first-order valence-corrected chi connectivity index (χ1v) is 5.34. The molecule has 0 saturated carbocycles. The van der Waals surface area contributed by atoms with Gasteiger partial charge in [-0.25, -0.2) is 4.68 Å². The molecule has 2 heterocycles. The van der Waals surface area contributed by atoms with Crippen molar-refractivity contribution in [3.05, 3.63) is 48.3 Å². The van der Waals surface area contributed by atoms with Crippen molar-refractivity contribution in [3.8, 4) is 5.82 Å². The summed E-state index contributed by atoms with van der Waals surface area (Å²) in [5.74, 6) is 0.980. The maximum atomic E-state index is 10.8. The molecule has 0 bridgehead atoms. The molecule has 0 aliphatic carbocycles. The van der Waals surface area contributed by atoms with Crippen LogP contribution in [0, 0.1) is 0 Å². The van der Waals surface area contributed by atoms with Crippen molar-refractivity contribution in [2.75, 3.05) is 0 Å². The lowest BCUT2D eigenvalue weighted by Crippen LogP contribution is -2.01. The molecule has 0 unspecified atom stereocenters. The van der Waals surface area contributed by atoms with Crippen molar-refractivity contribution in [1.82, 2.24) is 14.3 Å². The fourth-order valence-electron chi connectivity index (χ4n) is 2.03. The van der Waals surface area contributed by atoms with Crippen LogP contribution in [0.5, 0.6) is 0 Å². The Hall–Kier alpha value is -2.36. The van der Waals surface area contributed by atoms with Crippen molar-refractivity contribution in [2.45, 2.75) is 0 Å². The van der Waals surface area contributed by atoms with Crippen molar-refractivity contribution in [1.29, 1.82) is 0 Å². The van der Waals surface area contributed by atoms with E-state index in [-0.39, 0.29) is 0 Å². The molecule has 17 heavy (non-hydrogen) atoms. The van der Waals surface area contributed by atoms with Gasteiger partial charge in [-0.05, 0) is 18.2 Å². The summed E-state index contributed by atoms with van der Waals surface area (Å²) in [4.78, 5) is 10.8. The highest BCUT2D eigenvalue weighted by atomic mass is 16.1. The minimum absolute atomic E-state index is 0.686. The van der Waals surface area contributed by atoms with E-state index in [9.17, 15) is 4.79 Å². The first-order valence-electron chi connectivity index (χ1n) is 5.34. The lowest BCUT2D eigenvalue weighted by Gasteiger charge is -2.03. The molecule has 0 radical (unpaired) electrons. The van der Waals surface area contributed by atoms with Crippen molar-refractivity contribution < 1.29 is 4.79 Å². The third kappa shape index (κ3) is 1.45. The van der Waals surface area contributed by atoms with E-state index >= 15 is 0 Å². The molecule has 2 aromatic heterocycles. The van der Waals surface area contributed by atoms with E-state index in [1.165, 1.54) is 0 Å². The van der Waals surface area contributed by atoms with Crippen LogP contribution in [-0.4, -0.2) is 20.6 Å². The van der Waals surface area contributed by atoms with Crippen LogP contribution in [0.2, 0.25) is 0 Å². The SMILES string of the molecule is Cn1c(-n2cccn2)cc2ccc(C=O)cc21. The van der Waals surface area contributed by atoms with Crippen LogP contribution in [0.1, 0.15) is 10.4 Å². The van der Waals surface area contributed by atoms with Crippen molar-refractivity contribution >= 4 is 17.2 Å². The summed E-state index contributed by atoms with van der Waals surface area (Å²) in [6, 6.07) is 9.59. The lowest BCUT2D eigenvalue weighted by atomic mass is 10.2. The minimum atomic E-state index is 0.686. The average Bonchev–Trinajstić information content (AvgIpc) is 2.97. The number of aryl methyl sites for hydroxylation is 1. The molecule has 0 saturated heterocycles. The maximum absolute atomic E-state index is 10.8. The Bertz CT molecular complexity index is 680. The molecule has 4 nitrogen and oxygen atoms in total. The van der Waals surface area contributed by atoms with E-state index < -0.39 is 0 Å². The van der Waals surface area contributed by atoms with Crippen LogP contribution in [0.3, 0.4) is 0 Å². The monoisotopic (exact) mass is 225 g/mol. The first-order chi connectivity index (χ1) is 8.29. The number of carbonyl (C=O) groups is 1. The largest absolute Gasteiger partial charge is 0.329 e. The number of carbonyl (C=O) groups excluding carboxylic acids is 1. The zero-order valence-electron chi connectivity index (χ0n) is 9.37. The van der Waals surface area contributed by atoms with Gasteiger partial charge in [0.15, 0.2) is 0 Å². The number of rotatable bonds is 2. The Morgan fingerprint density at radius 1 is 1.29 bits per heavy atom. The number of nitrogens with zero attached hydrogens (tertiary/aromatic N) is 3. The van der Waals surface area contributed by atoms with E-state index in [4.69, 9.17) is 0 Å². The number of aromatic nitrogens is 3. The molecule has 4 heteroatoms. The van der Waals surface area contributed by atoms with E-state index in [1.54, 1.807) is 10.9 Å². The van der Waals surface area contributed by atoms with Crippen LogP contribution < -0.4 is 0 Å². The van der Waals surface area contributed by atoms with Gasteiger partial charge in [0, 0.05) is 30.4 Å². The third-order valence-corrected chi connectivity index (χ3v) is 2.92. The van der Waals surface area contributed by atoms with Crippen LogP contribution in [0.4, 0.5) is 0 Å². The Balaban J connectivity index is 2.29. The van der Waals surface area contributed by atoms with Crippen LogP contribution in [0.25, 0.3) is 16.7 Å². The summed E-state index contributed by atoms with van der Waals surface area (Å²) >= 11 is 0. The molecule has 0 aliphatic rings. The van der Waals surface area contributed by atoms with Gasteiger partial charge in [-0.15, -0.1) is 0 Å². The number of aldehydes is 1. The molecule has 3 aromatic rings. The molecular formula is C13H11N3O. The van der Waals surface area contributed by atoms with Gasteiger partial charge in [-0.3, -0.25) is 4.79 Å². The van der Waals surface area contributed by atoms with E-state index in [2.05, 4.69) is 11.2 Å². The average molecular weight is 225 g/mol. The number of hydrogen-bond donors (Lipinski definition) is 0. The third-order valence-electron chi connectivity index (χ3n) is 2.92. The molecule has 3 rings (SSSR count). The molecule has 0 spiro atoms. The van der Waals surface area contributed by atoms with Crippen LogP contribution >= 0.6 is 0 Å². The zero-order valence-corrected chi connectivity index (χ0v) is 9.37. The Kier molecular flexibility index (Phi) is 2.08. The van der Waals surface area contributed by atoms with Crippen LogP contribution in [-0.2, 0) is 7.05 Å². The van der Waals surface area contributed by atoms with Gasteiger partial charge in [-0.1, -0.05) is 12.1 Å². The van der Waals surface area contributed by atoms with Gasteiger partial charge < -0.3 is 4.57 Å². The highest BCUT2D eigenvalue weighted by Crippen LogP contribution is 2.21. The fourth-order valence-corrected chi connectivity index (χ4v) is 2.03. The predicted octanol–water partition coefficient (Wildman–Crippen LogP) is 2.18. The van der Waals surface area contributed by atoms with Crippen molar-refractivity contribution in [3.63, 3.8) is 0 Å². The van der Waals surface area contributed by atoms with E-state index in [1.807, 2.05) is 42.1 Å². The number of benzene rings is 1. The highest BCUT2D eigenvalue weighted by Gasteiger charge is 2.07. The fraction of sp³-hybridized carbons (Fsp3) is 0.0769. The quantitative estimate of drug-likeness (QED) is 0.627.